The molecule has 0 atom stereocenters. The molecule has 1 amide bonds. The molecule has 0 fully saturated rings. The molecule has 22 heavy (non-hydrogen) atoms. The summed E-state index contributed by atoms with van der Waals surface area (Å²) in [6.45, 7) is 5.72. The molecular weight excluding hydrogens is 304 g/mol. The quantitative estimate of drug-likeness (QED) is 0.520. The van der Waals surface area contributed by atoms with Crippen LogP contribution in [0, 0.1) is 5.41 Å². The fourth-order valence-corrected chi connectivity index (χ4v) is 3.44. The van der Waals surface area contributed by atoms with Gasteiger partial charge in [0, 0.05) is 16.7 Å². The highest BCUT2D eigenvalue weighted by atomic mass is 32.2. The van der Waals surface area contributed by atoms with Gasteiger partial charge in [0.05, 0.1) is 4.90 Å². The van der Waals surface area contributed by atoms with Gasteiger partial charge in [-0.15, -0.1) is 0 Å². The van der Waals surface area contributed by atoms with Crippen LogP contribution in [0.1, 0.15) is 36.7 Å². The van der Waals surface area contributed by atoms with E-state index in [1.807, 2.05) is 20.8 Å². The number of carbonyl (C=O) groups excluding carboxylic acids is 1. The van der Waals surface area contributed by atoms with Gasteiger partial charge in [-0.25, -0.2) is 8.42 Å². The van der Waals surface area contributed by atoms with E-state index in [0.717, 1.165) is 0 Å². The Morgan fingerprint density at radius 1 is 1.23 bits per heavy atom. The zero-order valence-electron chi connectivity index (χ0n) is 12.5. The molecule has 1 aromatic carbocycles. The maximum absolute atomic E-state index is 12.4. The number of benzene rings is 1. The predicted molar refractivity (Wildman–Crippen MR) is 84.3 cm³/mol. The number of amides is 1. The number of guanidine groups is 1. The van der Waals surface area contributed by atoms with Crippen LogP contribution in [0.25, 0.3) is 6.08 Å². The van der Waals surface area contributed by atoms with Crippen molar-refractivity contribution in [3.8, 4) is 0 Å². The van der Waals surface area contributed by atoms with Gasteiger partial charge in [-0.05, 0) is 23.8 Å². The second kappa shape index (κ2) is 5.13. The molecule has 1 aromatic rings. The number of nitrogens with zero attached hydrogens (tertiary/aromatic N) is 1. The van der Waals surface area contributed by atoms with Gasteiger partial charge in [0.1, 0.15) is 0 Å². The van der Waals surface area contributed by atoms with Crippen LogP contribution in [0.15, 0.2) is 33.8 Å². The van der Waals surface area contributed by atoms with Crippen LogP contribution in [-0.2, 0) is 10.0 Å². The van der Waals surface area contributed by atoms with Crippen molar-refractivity contribution < 1.29 is 13.2 Å². The minimum absolute atomic E-state index is 0.0251. The molecule has 0 bridgehead atoms. The van der Waals surface area contributed by atoms with Crippen LogP contribution >= 0.6 is 0 Å². The Bertz CT molecular complexity index is 798. The Morgan fingerprint density at radius 3 is 2.41 bits per heavy atom. The largest absolute Gasteiger partial charge is 0.370 e. The lowest BCUT2D eigenvalue weighted by Crippen LogP contribution is -2.33. The number of aliphatic imine (C=N–C) groups is 1. The second-order valence-corrected chi connectivity index (χ2v) is 7.66. The number of nitrogens with one attached hydrogen (secondary N) is 1. The van der Waals surface area contributed by atoms with E-state index in [4.69, 9.17) is 11.5 Å². The molecule has 5 N–H and O–H groups in total. The summed E-state index contributed by atoms with van der Waals surface area (Å²) in [6, 6.07) is 4.32. The lowest BCUT2D eigenvalue weighted by Gasteiger charge is -2.28. The van der Waals surface area contributed by atoms with E-state index in [9.17, 15) is 13.2 Å². The second-order valence-electron chi connectivity index (χ2n) is 6.01. The van der Waals surface area contributed by atoms with Gasteiger partial charge in [-0.2, -0.15) is 4.99 Å². The van der Waals surface area contributed by atoms with Crippen molar-refractivity contribution in [2.75, 3.05) is 0 Å². The molecule has 1 aliphatic heterocycles. The van der Waals surface area contributed by atoms with E-state index in [1.54, 1.807) is 12.1 Å². The Morgan fingerprint density at radius 2 is 1.86 bits per heavy atom. The number of sulfonamides is 1. The maximum atomic E-state index is 12.4. The van der Waals surface area contributed by atoms with Gasteiger partial charge < -0.3 is 11.5 Å². The molecule has 7 nitrogen and oxygen atoms in total. The van der Waals surface area contributed by atoms with Crippen LogP contribution in [0.2, 0.25) is 0 Å². The molecule has 0 saturated heterocycles. The zero-order chi connectivity index (χ0) is 16.7. The average molecular weight is 322 g/mol. The average Bonchev–Trinajstić information content (AvgIpc) is 2.35. The van der Waals surface area contributed by atoms with Gasteiger partial charge >= 0.3 is 0 Å². The zero-order valence-corrected chi connectivity index (χ0v) is 13.4. The number of allylic oxidation sites excluding steroid dienone is 1. The van der Waals surface area contributed by atoms with Gasteiger partial charge in [0.15, 0.2) is 5.96 Å². The number of carbonyl (C=O) groups is 1. The summed E-state index contributed by atoms with van der Waals surface area (Å²) in [5.41, 5.74) is 11.2. The van der Waals surface area contributed by atoms with E-state index in [-0.39, 0.29) is 21.8 Å². The molecule has 0 unspecified atom stereocenters. The van der Waals surface area contributed by atoms with E-state index >= 15 is 0 Å². The summed E-state index contributed by atoms with van der Waals surface area (Å²) in [6.07, 6.45) is 1.76. The number of nitrogens with two attached hydrogens (primary N) is 2. The summed E-state index contributed by atoms with van der Waals surface area (Å²) in [5, 5.41) is 0. The maximum Gasteiger partial charge on any atom is 0.280 e. The van der Waals surface area contributed by atoms with Crippen LogP contribution in [0.5, 0.6) is 0 Å². The molecule has 118 valence electrons. The molecule has 8 heteroatoms. The van der Waals surface area contributed by atoms with Gasteiger partial charge in [0.25, 0.3) is 15.9 Å². The first-order valence-corrected chi connectivity index (χ1v) is 8.02. The number of fused-ring (bicyclic) bond motifs is 1. The number of hydrogen-bond donors (Lipinski definition) is 3. The Labute approximate surface area is 129 Å². The molecule has 0 spiro atoms. The topological polar surface area (TPSA) is 128 Å². The Balaban J connectivity index is 2.58. The normalized spacial score (nSPS) is 16.0. The standard InChI is InChI=1S/C14H18N4O3S/c1-14(2,3)11-7-8-4-5-9(12(19)17-13(15)16)6-10(8)22(20,21)18-11/h4-7,18H,1-3H3,(H4,15,16,17,19). The van der Waals surface area contributed by atoms with Crippen LogP contribution in [0.4, 0.5) is 0 Å². The van der Waals surface area contributed by atoms with Crippen molar-refractivity contribution in [3.05, 3.63) is 35.0 Å². The monoisotopic (exact) mass is 322 g/mol. The van der Waals surface area contributed by atoms with Crippen molar-refractivity contribution in [2.24, 2.45) is 21.9 Å². The summed E-state index contributed by atoms with van der Waals surface area (Å²) in [7, 11) is -3.74. The molecule has 0 saturated carbocycles. The van der Waals surface area contributed by atoms with Crippen molar-refractivity contribution in [1.82, 2.24) is 4.72 Å². The Kier molecular flexibility index (Phi) is 3.74. The van der Waals surface area contributed by atoms with Gasteiger partial charge in [0.2, 0.25) is 0 Å². The lowest BCUT2D eigenvalue weighted by atomic mass is 9.91. The highest BCUT2D eigenvalue weighted by Gasteiger charge is 2.30. The van der Waals surface area contributed by atoms with Crippen molar-refractivity contribution in [1.29, 1.82) is 0 Å². The molecule has 0 radical (unpaired) electrons. The third-order valence-electron chi connectivity index (χ3n) is 3.13. The molecule has 2 rings (SSSR count). The SMILES string of the molecule is CC(C)(C)C1=Cc2ccc(C(=O)N=C(N)N)cc2S(=O)(=O)N1. The molecule has 1 aliphatic rings. The van der Waals surface area contributed by atoms with Gasteiger partial charge in [-0.1, -0.05) is 26.8 Å². The smallest absolute Gasteiger partial charge is 0.280 e. The molecule has 0 aliphatic carbocycles. The van der Waals surface area contributed by atoms with Gasteiger partial charge in [-0.3, -0.25) is 9.52 Å². The summed E-state index contributed by atoms with van der Waals surface area (Å²) in [4.78, 5) is 15.2. The van der Waals surface area contributed by atoms with Crippen LogP contribution in [-0.4, -0.2) is 20.3 Å². The first kappa shape index (κ1) is 16.0. The lowest BCUT2D eigenvalue weighted by molar-refractivity contribution is 0.100. The summed E-state index contributed by atoms with van der Waals surface area (Å²) < 4.78 is 27.3. The van der Waals surface area contributed by atoms with E-state index in [1.165, 1.54) is 12.1 Å². The Hall–Kier alpha value is -2.35. The molecule has 0 aromatic heterocycles. The summed E-state index contributed by atoms with van der Waals surface area (Å²) >= 11 is 0. The highest BCUT2D eigenvalue weighted by molar-refractivity contribution is 7.89. The van der Waals surface area contributed by atoms with Crippen LogP contribution in [0.3, 0.4) is 0 Å². The van der Waals surface area contributed by atoms with Crippen LogP contribution < -0.4 is 16.2 Å². The fraction of sp³-hybridized carbons (Fsp3) is 0.286. The minimum atomic E-state index is -3.74. The first-order valence-electron chi connectivity index (χ1n) is 6.54. The third kappa shape index (κ3) is 3.11. The number of rotatable bonds is 1. The van der Waals surface area contributed by atoms with E-state index < -0.39 is 15.9 Å². The number of hydrogen-bond acceptors (Lipinski definition) is 3. The van der Waals surface area contributed by atoms with E-state index in [0.29, 0.717) is 11.3 Å². The summed E-state index contributed by atoms with van der Waals surface area (Å²) in [5.74, 6) is -1.07. The molecular formula is C14H18N4O3S. The van der Waals surface area contributed by atoms with Crippen molar-refractivity contribution >= 4 is 28.0 Å². The first-order chi connectivity index (χ1) is 10.0. The minimum Gasteiger partial charge on any atom is -0.370 e. The van der Waals surface area contributed by atoms with Crippen molar-refractivity contribution in [2.45, 2.75) is 25.7 Å². The van der Waals surface area contributed by atoms with E-state index in [2.05, 4.69) is 9.71 Å². The predicted octanol–water partition coefficient (Wildman–Crippen LogP) is 0.779. The fourth-order valence-electron chi connectivity index (χ4n) is 1.96. The van der Waals surface area contributed by atoms with Crippen molar-refractivity contribution in [3.63, 3.8) is 0 Å². The highest BCUT2D eigenvalue weighted by Crippen LogP contribution is 2.33. The third-order valence-corrected chi connectivity index (χ3v) is 4.55. The molecule has 1 heterocycles.